The summed E-state index contributed by atoms with van der Waals surface area (Å²) >= 11 is 0. The van der Waals surface area contributed by atoms with Crippen LogP contribution < -0.4 is 0 Å². The maximum Gasteiger partial charge on any atom is 0.306 e. The van der Waals surface area contributed by atoms with Gasteiger partial charge < -0.3 is 14.2 Å². The van der Waals surface area contributed by atoms with E-state index in [1.807, 2.05) is 0 Å². The summed E-state index contributed by atoms with van der Waals surface area (Å²) < 4.78 is 16.7. The average molecular weight is 980 g/mol. The van der Waals surface area contributed by atoms with Crippen LogP contribution in [0.4, 0.5) is 0 Å². The maximum absolute atomic E-state index is 12.8. The monoisotopic (exact) mass is 979 g/mol. The first-order chi connectivity index (χ1) is 35.0. The van der Waals surface area contributed by atoms with Crippen LogP contribution in [-0.2, 0) is 28.6 Å². The van der Waals surface area contributed by atoms with Gasteiger partial charge in [-0.25, -0.2) is 0 Å². The smallest absolute Gasteiger partial charge is 0.306 e. The Labute approximate surface area is 436 Å². The summed E-state index contributed by atoms with van der Waals surface area (Å²) in [6, 6.07) is 0. The molecule has 398 valence electrons. The Kier molecular flexibility index (Phi) is 54.0. The van der Waals surface area contributed by atoms with Gasteiger partial charge in [0.25, 0.3) is 0 Å². The molecule has 0 aromatic rings. The Morgan fingerprint density at radius 2 is 0.549 bits per heavy atom. The van der Waals surface area contributed by atoms with Crippen molar-refractivity contribution >= 4 is 17.9 Å². The number of rotatable bonds is 49. The van der Waals surface area contributed by atoms with E-state index in [1.165, 1.54) is 38.5 Å². The van der Waals surface area contributed by atoms with Crippen LogP contribution in [-0.4, -0.2) is 37.2 Å². The van der Waals surface area contributed by atoms with Crippen LogP contribution in [0.25, 0.3) is 0 Å². The molecule has 0 aliphatic carbocycles. The van der Waals surface area contributed by atoms with Gasteiger partial charge >= 0.3 is 17.9 Å². The second kappa shape index (κ2) is 57.9. The van der Waals surface area contributed by atoms with E-state index >= 15 is 0 Å². The van der Waals surface area contributed by atoms with E-state index in [1.54, 1.807) is 0 Å². The minimum atomic E-state index is -0.811. The summed E-state index contributed by atoms with van der Waals surface area (Å²) in [6.45, 7) is 6.30. The molecule has 0 aromatic carbocycles. The third-order valence-corrected chi connectivity index (χ3v) is 11.3. The highest BCUT2D eigenvalue weighted by atomic mass is 16.6. The Balaban J connectivity index is 4.35. The first-order valence-corrected chi connectivity index (χ1v) is 28.3. The molecule has 0 aliphatic heterocycles. The molecule has 0 fully saturated rings. The minimum Gasteiger partial charge on any atom is -0.462 e. The third kappa shape index (κ3) is 56.1. The van der Waals surface area contributed by atoms with Crippen molar-refractivity contribution in [3.8, 4) is 0 Å². The Morgan fingerprint density at radius 1 is 0.296 bits per heavy atom. The Bertz CT molecular complexity index is 1590. The van der Waals surface area contributed by atoms with Gasteiger partial charge in [-0.2, -0.15) is 0 Å². The highest BCUT2D eigenvalue weighted by Gasteiger charge is 2.19. The first kappa shape index (κ1) is 66.3. The standard InChI is InChI=1S/C65H102O6/c1-4-7-10-13-16-18-20-22-24-26-28-30-31-32-33-35-36-38-40-42-44-46-49-52-55-58-64(67)70-61-62(60-69-63(66)57-54-51-48-15-12-9-6-3)71-65(68)59-56-53-50-47-45-43-41-39-37-34-29-27-25-23-21-19-17-14-11-8-5-2/h7-8,10-11,16-19,22-25,28-30,32-34,36,38-39,41,45,47,62H,4-6,9,12-15,20-21,26-27,31,35,37,40,42-44,46,48-61H2,1-3H3/b10-7-,11-8-,18-16-,19-17-,24-22-,25-23-,30-28-,33-32-,34-29-,38-36-,41-39-,47-45-. The summed E-state index contributed by atoms with van der Waals surface area (Å²) in [4.78, 5) is 37.9. The van der Waals surface area contributed by atoms with Crippen molar-refractivity contribution in [1.29, 1.82) is 0 Å². The average Bonchev–Trinajstić information content (AvgIpc) is 3.37. The van der Waals surface area contributed by atoms with Crippen LogP contribution in [0.5, 0.6) is 0 Å². The zero-order chi connectivity index (χ0) is 51.4. The van der Waals surface area contributed by atoms with Gasteiger partial charge in [0.1, 0.15) is 13.2 Å². The predicted octanol–water partition coefficient (Wildman–Crippen LogP) is 19.2. The topological polar surface area (TPSA) is 78.9 Å². The molecule has 71 heavy (non-hydrogen) atoms. The van der Waals surface area contributed by atoms with Crippen molar-refractivity contribution < 1.29 is 28.6 Å². The fourth-order valence-corrected chi connectivity index (χ4v) is 7.15. The molecule has 0 saturated heterocycles. The van der Waals surface area contributed by atoms with Crippen LogP contribution in [0.3, 0.4) is 0 Å². The van der Waals surface area contributed by atoms with Crippen molar-refractivity contribution in [3.63, 3.8) is 0 Å². The highest BCUT2D eigenvalue weighted by Crippen LogP contribution is 2.13. The molecule has 0 bridgehead atoms. The molecule has 6 nitrogen and oxygen atoms in total. The Hall–Kier alpha value is -4.71. The summed E-state index contributed by atoms with van der Waals surface area (Å²) in [5.74, 6) is -0.980. The maximum atomic E-state index is 12.8. The summed E-state index contributed by atoms with van der Waals surface area (Å²) in [5.41, 5.74) is 0. The van der Waals surface area contributed by atoms with Crippen molar-refractivity contribution in [2.24, 2.45) is 0 Å². The van der Waals surface area contributed by atoms with Gasteiger partial charge in [0.2, 0.25) is 0 Å². The molecule has 0 saturated carbocycles. The van der Waals surface area contributed by atoms with Crippen molar-refractivity contribution in [2.75, 3.05) is 13.2 Å². The number of unbranched alkanes of at least 4 members (excludes halogenated alkanes) is 14. The number of allylic oxidation sites excluding steroid dienone is 24. The lowest BCUT2D eigenvalue weighted by Crippen LogP contribution is -2.30. The van der Waals surface area contributed by atoms with Gasteiger partial charge in [-0.3, -0.25) is 14.4 Å². The van der Waals surface area contributed by atoms with Gasteiger partial charge in [0.15, 0.2) is 6.10 Å². The second-order valence-corrected chi connectivity index (χ2v) is 18.1. The quantitative estimate of drug-likeness (QED) is 0.0262. The largest absolute Gasteiger partial charge is 0.462 e. The number of esters is 3. The fourth-order valence-electron chi connectivity index (χ4n) is 7.15. The van der Waals surface area contributed by atoms with E-state index in [0.717, 1.165) is 141 Å². The van der Waals surface area contributed by atoms with Gasteiger partial charge in [-0.15, -0.1) is 0 Å². The molecule has 0 spiro atoms. The third-order valence-electron chi connectivity index (χ3n) is 11.3. The molecule has 1 unspecified atom stereocenters. The lowest BCUT2D eigenvalue weighted by molar-refractivity contribution is -0.167. The molecule has 0 radical (unpaired) electrons. The van der Waals surface area contributed by atoms with Crippen molar-refractivity contribution in [1.82, 2.24) is 0 Å². The summed E-state index contributed by atoms with van der Waals surface area (Å²) in [6.07, 6.45) is 82.8. The zero-order valence-electron chi connectivity index (χ0n) is 45.4. The van der Waals surface area contributed by atoms with Crippen molar-refractivity contribution in [2.45, 2.75) is 232 Å². The van der Waals surface area contributed by atoms with Gasteiger partial charge in [-0.05, 0) is 122 Å². The number of ether oxygens (including phenoxy) is 3. The SMILES string of the molecule is CC/C=C\C/C=C\C/C=C\C/C=C\C/C=C\C/C=C\CCCCCCCCC(=O)OCC(COC(=O)CCCCCCCCC)OC(=O)CCCC/C=C\C/C=C\C/C=C\C/C=C\C/C=C\C/C=C\CC. The molecule has 0 rings (SSSR count). The molecule has 1 atom stereocenters. The van der Waals surface area contributed by atoms with E-state index < -0.39 is 6.10 Å². The van der Waals surface area contributed by atoms with E-state index in [0.29, 0.717) is 19.3 Å². The molecule has 0 amide bonds. The van der Waals surface area contributed by atoms with E-state index in [-0.39, 0.29) is 37.5 Å². The number of carbonyl (C=O) groups is 3. The molecule has 0 heterocycles. The highest BCUT2D eigenvalue weighted by molar-refractivity contribution is 5.71. The van der Waals surface area contributed by atoms with Crippen LogP contribution in [0, 0.1) is 0 Å². The molecule has 0 aromatic heterocycles. The zero-order valence-corrected chi connectivity index (χ0v) is 45.4. The number of hydrogen-bond acceptors (Lipinski definition) is 6. The second-order valence-electron chi connectivity index (χ2n) is 18.1. The summed E-state index contributed by atoms with van der Waals surface area (Å²) in [5, 5.41) is 0. The van der Waals surface area contributed by atoms with Crippen LogP contribution in [0.15, 0.2) is 146 Å². The normalized spacial score (nSPS) is 13.2. The van der Waals surface area contributed by atoms with Gasteiger partial charge in [0.05, 0.1) is 0 Å². The predicted molar refractivity (Wildman–Crippen MR) is 306 cm³/mol. The lowest BCUT2D eigenvalue weighted by atomic mass is 10.1. The number of hydrogen-bond donors (Lipinski definition) is 0. The van der Waals surface area contributed by atoms with Gasteiger partial charge in [-0.1, -0.05) is 231 Å². The summed E-state index contributed by atoms with van der Waals surface area (Å²) in [7, 11) is 0. The molecule has 0 N–H and O–H groups in total. The molecule has 0 aliphatic rings. The van der Waals surface area contributed by atoms with Crippen LogP contribution >= 0.6 is 0 Å². The van der Waals surface area contributed by atoms with Gasteiger partial charge in [0, 0.05) is 19.3 Å². The first-order valence-electron chi connectivity index (χ1n) is 28.3. The molecular weight excluding hydrogens is 877 g/mol. The number of carbonyl (C=O) groups excluding carboxylic acids is 3. The van der Waals surface area contributed by atoms with Crippen molar-refractivity contribution in [3.05, 3.63) is 146 Å². The lowest BCUT2D eigenvalue weighted by Gasteiger charge is -2.18. The molecular formula is C65H102O6. The van der Waals surface area contributed by atoms with Crippen LogP contribution in [0.1, 0.15) is 226 Å². The Morgan fingerprint density at radius 3 is 0.887 bits per heavy atom. The van der Waals surface area contributed by atoms with E-state index in [2.05, 4.69) is 167 Å². The van der Waals surface area contributed by atoms with E-state index in [9.17, 15) is 14.4 Å². The van der Waals surface area contributed by atoms with Crippen LogP contribution in [0.2, 0.25) is 0 Å². The van der Waals surface area contributed by atoms with E-state index in [4.69, 9.17) is 14.2 Å². The minimum absolute atomic E-state index is 0.106. The fraction of sp³-hybridized carbons (Fsp3) is 0.585. The molecule has 6 heteroatoms.